The van der Waals surface area contributed by atoms with E-state index in [1.807, 2.05) is 20.8 Å². The molecule has 1 heterocycles. The number of hydrogen-bond donors (Lipinski definition) is 1. The zero-order valence-corrected chi connectivity index (χ0v) is 11.5. The van der Waals surface area contributed by atoms with E-state index in [1.165, 1.54) is 0 Å². The largest absolute Gasteiger partial charge is 0.385 e. The normalized spacial score (nSPS) is 21.5. The van der Waals surface area contributed by atoms with Gasteiger partial charge in [-0.1, -0.05) is 0 Å². The minimum Gasteiger partial charge on any atom is -0.385 e. The second kappa shape index (κ2) is 5.58. The number of methoxy groups -OCH3 is 1. The van der Waals surface area contributed by atoms with Gasteiger partial charge in [-0.25, -0.2) is 8.93 Å². The molecule has 0 radical (unpaired) electrons. The van der Waals surface area contributed by atoms with E-state index >= 15 is 0 Å². The van der Waals surface area contributed by atoms with Gasteiger partial charge in [0.15, 0.2) is 0 Å². The van der Waals surface area contributed by atoms with Crippen LogP contribution < -0.4 is 4.72 Å². The molecule has 1 saturated heterocycles. The molecule has 1 unspecified atom stereocenters. The molecule has 0 bridgehead atoms. The standard InChI is InChI=1S/C11H23NO3S/c1-10(2,3)16(13)12-11(8-15-9-11)6-5-7-14-4/h12H,5-9H2,1-4H3. The minimum absolute atomic E-state index is 0.101. The van der Waals surface area contributed by atoms with Gasteiger partial charge in [-0.3, -0.25) is 0 Å². The second-order valence-corrected chi connectivity index (χ2v) is 7.32. The number of nitrogens with one attached hydrogen (secondary N) is 1. The molecule has 1 aliphatic rings. The lowest BCUT2D eigenvalue weighted by Crippen LogP contribution is -2.62. The van der Waals surface area contributed by atoms with E-state index in [1.54, 1.807) is 7.11 Å². The molecular formula is C11H23NO3S. The van der Waals surface area contributed by atoms with Crippen molar-refractivity contribution in [1.29, 1.82) is 0 Å². The van der Waals surface area contributed by atoms with E-state index in [0.717, 1.165) is 19.4 Å². The van der Waals surface area contributed by atoms with Crippen LogP contribution in [0.2, 0.25) is 0 Å². The Morgan fingerprint density at radius 1 is 1.44 bits per heavy atom. The molecule has 4 nitrogen and oxygen atoms in total. The Morgan fingerprint density at radius 3 is 2.44 bits per heavy atom. The van der Waals surface area contributed by atoms with Crippen molar-refractivity contribution in [3.8, 4) is 0 Å². The van der Waals surface area contributed by atoms with Crippen LogP contribution in [0.5, 0.6) is 0 Å². The number of rotatable bonds is 6. The van der Waals surface area contributed by atoms with Gasteiger partial charge in [0, 0.05) is 13.7 Å². The maximum Gasteiger partial charge on any atom is 0.0977 e. The highest BCUT2D eigenvalue weighted by molar-refractivity contribution is 7.84. The van der Waals surface area contributed by atoms with Crippen LogP contribution >= 0.6 is 0 Å². The highest BCUT2D eigenvalue weighted by atomic mass is 32.2. The maximum absolute atomic E-state index is 12.0. The molecule has 16 heavy (non-hydrogen) atoms. The van der Waals surface area contributed by atoms with Crippen molar-refractivity contribution in [3.05, 3.63) is 0 Å². The van der Waals surface area contributed by atoms with Gasteiger partial charge in [0.1, 0.15) is 0 Å². The minimum atomic E-state index is -1.03. The first kappa shape index (κ1) is 14.1. The Bertz CT molecular complexity index is 246. The average Bonchev–Trinajstić information content (AvgIpc) is 2.12. The summed E-state index contributed by atoms with van der Waals surface area (Å²) in [5.41, 5.74) is -0.101. The van der Waals surface area contributed by atoms with Crippen LogP contribution in [0.25, 0.3) is 0 Å². The van der Waals surface area contributed by atoms with E-state index < -0.39 is 11.0 Å². The predicted octanol–water partition coefficient (Wildman–Crippen LogP) is 1.23. The molecule has 0 aromatic heterocycles. The van der Waals surface area contributed by atoms with Crippen molar-refractivity contribution < 1.29 is 13.7 Å². The highest BCUT2D eigenvalue weighted by Gasteiger charge is 2.41. The van der Waals surface area contributed by atoms with Gasteiger partial charge in [-0.05, 0) is 33.6 Å². The highest BCUT2D eigenvalue weighted by Crippen LogP contribution is 2.25. The molecule has 1 atom stereocenters. The molecule has 1 rings (SSSR count). The summed E-state index contributed by atoms with van der Waals surface area (Å²) in [5.74, 6) is 0. The molecule has 1 fully saturated rings. The van der Waals surface area contributed by atoms with Crippen LogP contribution in [0.4, 0.5) is 0 Å². The summed E-state index contributed by atoms with van der Waals surface area (Å²) >= 11 is 0. The first-order valence-corrected chi connectivity index (χ1v) is 6.81. The van der Waals surface area contributed by atoms with Crippen LogP contribution in [-0.4, -0.2) is 41.4 Å². The van der Waals surface area contributed by atoms with Gasteiger partial charge in [-0.15, -0.1) is 0 Å². The van der Waals surface area contributed by atoms with E-state index in [9.17, 15) is 4.21 Å². The Morgan fingerprint density at radius 2 is 2.06 bits per heavy atom. The Balaban J connectivity index is 2.44. The van der Waals surface area contributed by atoms with Gasteiger partial charge in [0.05, 0.1) is 34.5 Å². The number of hydrogen-bond acceptors (Lipinski definition) is 3. The van der Waals surface area contributed by atoms with Gasteiger partial charge in [-0.2, -0.15) is 0 Å². The lowest BCUT2D eigenvalue weighted by atomic mass is 9.93. The third-order valence-electron chi connectivity index (χ3n) is 2.63. The van der Waals surface area contributed by atoms with Gasteiger partial charge >= 0.3 is 0 Å². The first-order chi connectivity index (χ1) is 7.40. The van der Waals surface area contributed by atoms with Crippen molar-refractivity contribution in [2.45, 2.75) is 43.9 Å². The Labute approximate surface area is 101 Å². The van der Waals surface area contributed by atoms with E-state index in [-0.39, 0.29) is 10.3 Å². The monoisotopic (exact) mass is 249 g/mol. The fourth-order valence-electron chi connectivity index (χ4n) is 1.51. The third-order valence-corrected chi connectivity index (χ3v) is 4.36. The molecule has 0 spiro atoms. The molecule has 96 valence electrons. The maximum atomic E-state index is 12.0. The molecule has 0 aromatic rings. The molecule has 1 aliphatic heterocycles. The predicted molar refractivity (Wildman–Crippen MR) is 65.7 cm³/mol. The van der Waals surface area contributed by atoms with Crippen LogP contribution in [0.1, 0.15) is 33.6 Å². The topological polar surface area (TPSA) is 47.6 Å². The Hall–Kier alpha value is 0.0300. The molecule has 0 saturated carbocycles. The van der Waals surface area contributed by atoms with E-state index in [0.29, 0.717) is 13.2 Å². The molecule has 0 amide bonds. The molecule has 1 N–H and O–H groups in total. The van der Waals surface area contributed by atoms with Crippen molar-refractivity contribution in [3.63, 3.8) is 0 Å². The first-order valence-electron chi connectivity index (χ1n) is 5.66. The van der Waals surface area contributed by atoms with Crippen LogP contribution in [0.3, 0.4) is 0 Å². The van der Waals surface area contributed by atoms with Crippen LogP contribution in [-0.2, 0) is 20.5 Å². The fraction of sp³-hybridized carbons (Fsp3) is 1.00. The lowest BCUT2D eigenvalue weighted by Gasteiger charge is -2.43. The SMILES string of the molecule is COCCCC1(NS(=O)C(C)(C)C)COC1. The zero-order valence-electron chi connectivity index (χ0n) is 10.7. The summed E-state index contributed by atoms with van der Waals surface area (Å²) in [6, 6.07) is 0. The van der Waals surface area contributed by atoms with Gasteiger partial charge in [0.25, 0.3) is 0 Å². The van der Waals surface area contributed by atoms with Crippen molar-refractivity contribution in [2.75, 3.05) is 26.9 Å². The van der Waals surface area contributed by atoms with Crippen LogP contribution in [0, 0.1) is 0 Å². The Kier molecular flexibility index (Phi) is 4.91. The molecule has 0 aliphatic carbocycles. The van der Waals surface area contributed by atoms with E-state index in [2.05, 4.69) is 4.72 Å². The zero-order chi connectivity index (χ0) is 12.2. The summed E-state index contributed by atoms with van der Waals surface area (Å²) in [5, 5.41) is 0. The van der Waals surface area contributed by atoms with E-state index in [4.69, 9.17) is 9.47 Å². The summed E-state index contributed by atoms with van der Waals surface area (Å²) in [6.45, 7) is 7.96. The van der Waals surface area contributed by atoms with Crippen LogP contribution in [0.15, 0.2) is 0 Å². The summed E-state index contributed by atoms with van der Waals surface area (Å²) < 4.78 is 25.3. The second-order valence-electron chi connectivity index (χ2n) is 5.35. The van der Waals surface area contributed by atoms with Crippen molar-refractivity contribution in [2.24, 2.45) is 0 Å². The van der Waals surface area contributed by atoms with Crippen molar-refractivity contribution in [1.82, 2.24) is 4.72 Å². The third kappa shape index (κ3) is 3.80. The number of ether oxygens (including phenoxy) is 2. The molecule has 5 heteroatoms. The summed E-state index contributed by atoms with van der Waals surface area (Å²) in [6.07, 6.45) is 1.91. The smallest absolute Gasteiger partial charge is 0.0977 e. The fourth-order valence-corrected chi connectivity index (χ4v) is 2.43. The molecule has 0 aromatic carbocycles. The molecular weight excluding hydrogens is 226 g/mol. The van der Waals surface area contributed by atoms with Gasteiger partial charge in [0.2, 0.25) is 0 Å². The summed E-state index contributed by atoms with van der Waals surface area (Å²) in [7, 11) is 0.667. The van der Waals surface area contributed by atoms with Crippen molar-refractivity contribution >= 4 is 11.0 Å². The summed E-state index contributed by atoms with van der Waals surface area (Å²) in [4.78, 5) is 0. The quantitative estimate of drug-likeness (QED) is 0.720. The lowest BCUT2D eigenvalue weighted by molar-refractivity contribution is -0.0686. The average molecular weight is 249 g/mol. The van der Waals surface area contributed by atoms with Gasteiger partial charge < -0.3 is 9.47 Å².